The normalized spacial score (nSPS) is 12.7. The van der Waals surface area contributed by atoms with Crippen LogP contribution in [0.25, 0.3) is 0 Å². The highest BCUT2D eigenvalue weighted by Crippen LogP contribution is 1.91. The van der Waals surface area contributed by atoms with Crippen LogP contribution in [0.5, 0.6) is 0 Å². The van der Waals surface area contributed by atoms with Crippen molar-refractivity contribution in [3.8, 4) is 6.07 Å². The molecule has 0 aliphatic carbocycles. The highest BCUT2D eigenvalue weighted by atomic mass is 14.6. The average molecular weight is 134 g/mol. The molecule has 0 atom stereocenters. The van der Waals surface area contributed by atoms with Gasteiger partial charge >= 0.3 is 0 Å². The third kappa shape index (κ3) is 3.62. The minimum atomic E-state index is 0.619. The third-order valence-corrected chi connectivity index (χ3v) is 0.878. The molecule has 0 rings (SSSR count). The van der Waals surface area contributed by atoms with E-state index in [1.54, 1.807) is 25.4 Å². The Labute approximate surface area is 61.2 Å². The second-order valence-electron chi connectivity index (χ2n) is 1.64. The molecule has 2 heteroatoms. The lowest BCUT2D eigenvalue weighted by Crippen LogP contribution is -1.72. The van der Waals surface area contributed by atoms with Crippen molar-refractivity contribution in [2.45, 2.75) is 6.92 Å². The van der Waals surface area contributed by atoms with Gasteiger partial charge in [-0.2, -0.15) is 5.26 Å². The van der Waals surface area contributed by atoms with E-state index in [1.165, 1.54) is 0 Å². The molecule has 0 saturated carbocycles. The molecule has 0 aliphatic rings. The maximum absolute atomic E-state index is 8.45. The fraction of sp³-hybridized carbons (Fsp3) is 0.250. The first-order chi connectivity index (χ1) is 4.85. The summed E-state index contributed by atoms with van der Waals surface area (Å²) in [7, 11) is 1.67. The Hall–Kier alpha value is -1.36. The molecule has 0 N–H and O–H groups in total. The average Bonchev–Trinajstić information content (AvgIpc) is 1.98. The summed E-state index contributed by atoms with van der Waals surface area (Å²) in [6.07, 6.45) is 6.82. The van der Waals surface area contributed by atoms with Gasteiger partial charge in [-0.15, -0.1) is 0 Å². The van der Waals surface area contributed by atoms with E-state index in [2.05, 4.69) is 4.99 Å². The first-order valence-electron chi connectivity index (χ1n) is 3.00. The van der Waals surface area contributed by atoms with E-state index in [1.807, 2.05) is 19.1 Å². The van der Waals surface area contributed by atoms with Gasteiger partial charge in [0.05, 0.1) is 11.6 Å². The van der Waals surface area contributed by atoms with Crippen molar-refractivity contribution < 1.29 is 0 Å². The van der Waals surface area contributed by atoms with E-state index < -0.39 is 0 Å². The van der Waals surface area contributed by atoms with Crippen molar-refractivity contribution >= 4 is 6.21 Å². The zero-order valence-electron chi connectivity index (χ0n) is 6.20. The number of allylic oxidation sites excluding steroid dienone is 4. The van der Waals surface area contributed by atoms with E-state index in [0.29, 0.717) is 5.57 Å². The van der Waals surface area contributed by atoms with Crippen molar-refractivity contribution in [2.75, 3.05) is 7.05 Å². The van der Waals surface area contributed by atoms with Crippen LogP contribution in [0.15, 0.2) is 28.8 Å². The van der Waals surface area contributed by atoms with Crippen molar-refractivity contribution in [3.63, 3.8) is 0 Å². The molecule has 0 spiro atoms. The van der Waals surface area contributed by atoms with E-state index in [4.69, 9.17) is 5.26 Å². The summed E-state index contributed by atoms with van der Waals surface area (Å²) >= 11 is 0. The number of nitrogens with zero attached hydrogens (tertiary/aromatic N) is 2. The molecule has 0 heterocycles. The van der Waals surface area contributed by atoms with Crippen molar-refractivity contribution in [1.82, 2.24) is 0 Å². The van der Waals surface area contributed by atoms with Crippen LogP contribution in [0.3, 0.4) is 0 Å². The second kappa shape index (κ2) is 5.77. The predicted octanol–water partition coefficient (Wildman–Crippen LogP) is 1.71. The fourth-order valence-electron chi connectivity index (χ4n) is 0.464. The lowest BCUT2D eigenvalue weighted by atomic mass is 10.2. The lowest BCUT2D eigenvalue weighted by molar-refractivity contribution is 1.46. The SMILES string of the molecule is C\C=C/C(C#N)=C\C=N\C. The number of rotatable bonds is 2. The number of hydrogen-bond acceptors (Lipinski definition) is 2. The standard InChI is InChI=1S/C8H10N2/c1-3-4-8(7-9)5-6-10-2/h3-6H,1-2H3/b4-3-,8-5+,10-6+. The molecule has 0 amide bonds. The smallest absolute Gasteiger partial charge is 0.0992 e. The molecule has 52 valence electrons. The number of aliphatic imine (C=N–C) groups is 1. The Morgan fingerprint density at radius 1 is 1.60 bits per heavy atom. The molecule has 0 aromatic carbocycles. The maximum atomic E-state index is 8.45. The van der Waals surface area contributed by atoms with Crippen LogP contribution in [0.1, 0.15) is 6.92 Å². The highest BCUT2D eigenvalue weighted by Gasteiger charge is 1.81. The molecule has 10 heavy (non-hydrogen) atoms. The van der Waals surface area contributed by atoms with Crippen LogP contribution in [0, 0.1) is 11.3 Å². The fourth-order valence-corrected chi connectivity index (χ4v) is 0.464. The minimum absolute atomic E-state index is 0.619. The Morgan fingerprint density at radius 3 is 2.70 bits per heavy atom. The largest absolute Gasteiger partial charge is 0.296 e. The number of nitriles is 1. The molecule has 2 nitrogen and oxygen atoms in total. The van der Waals surface area contributed by atoms with Crippen LogP contribution in [0.4, 0.5) is 0 Å². The van der Waals surface area contributed by atoms with E-state index in [-0.39, 0.29) is 0 Å². The lowest BCUT2D eigenvalue weighted by Gasteiger charge is -1.80. The minimum Gasteiger partial charge on any atom is -0.296 e. The molecule has 0 aromatic heterocycles. The summed E-state index contributed by atoms with van der Waals surface area (Å²) in [6.45, 7) is 1.87. The maximum Gasteiger partial charge on any atom is 0.0992 e. The van der Waals surface area contributed by atoms with Gasteiger partial charge in [-0.05, 0) is 19.1 Å². The molecular formula is C8H10N2. The van der Waals surface area contributed by atoms with Gasteiger partial charge in [-0.3, -0.25) is 4.99 Å². The quantitative estimate of drug-likeness (QED) is 0.322. The van der Waals surface area contributed by atoms with Crippen LogP contribution >= 0.6 is 0 Å². The molecule has 0 bridgehead atoms. The summed E-state index contributed by atoms with van der Waals surface area (Å²) in [4.78, 5) is 3.72. The number of hydrogen-bond donors (Lipinski definition) is 0. The molecule has 0 aliphatic heterocycles. The van der Waals surface area contributed by atoms with Gasteiger partial charge in [0.2, 0.25) is 0 Å². The molecule has 0 saturated heterocycles. The summed E-state index contributed by atoms with van der Waals surface area (Å²) in [5.74, 6) is 0. The molecule has 0 unspecified atom stereocenters. The first-order valence-corrected chi connectivity index (χ1v) is 3.00. The topological polar surface area (TPSA) is 36.1 Å². The van der Waals surface area contributed by atoms with Crippen LogP contribution < -0.4 is 0 Å². The Morgan fingerprint density at radius 2 is 2.30 bits per heavy atom. The zero-order chi connectivity index (χ0) is 7.82. The third-order valence-electron chi connectivity index (χ3n) is 0.878. The summed E-state index contributed by atoms with van der Waals surface area (Å²) < 4.78 is 0. The first kappa shape index (κ1) is 8.64. The van der Waals surface area contributed by atoms with Gasteiger partial charge in [-0.1, -0.05) is 6.08 Å². The van der Waals surface area contributed by atoms with Gasteiger partial charge in [0, 0.05) is 13.3 Å². The van der Waals surface area contributed by atoms with E-state index >= 15 is 0 Å². The van der Waals surface area contributed by atoms with Gasteiger partial charge in [-0.25, -0.2) is 0 Å². The monoisotopic (exact) mass is 134 g/mol. The van der Waals surface area contributed by atoms with Crippen LogP contribution in [-0.4, -0.2) is 13.3 Å². The Balaban J connectivity index is 4.22. The molecule has 0 aromatic rings. The molecule has 0 radical (unpaired) electrons. The van der Waals surface area contributed by atoms with Crippen molar-refractivity contribution in [3.05, 3.63) is 23.8 Å². The second-order valence-corrected chi connectivity index (χ2v) is 1.64. The Bertz CT molecular complexity index is 204. The van der Waals surface area contributed by atoms with Gasteiger partial charge in [0.15, 0.2) is 0 Å². The molecular weight excluding hydrogens is 124 g/mol. The van der Waals surface area contributed by atoms with Crippen molar-refractivity contribution in [1.29, 1.82) is 5.26 Å². The zero-order valence-corrected chi connectivity index (χ0v) is 6.20. The van der Waals surface area contributed by atoms with Gasteiger partial charge in [0.1, 0.15) is 0 Å². The Kier molecular flexibility index (Phi) is 4.99. The summed E-state index contributed by atoms with van der Waals surface area (Å²) in [5, 5.41) is 8.45. The van der Waals surface area contributed by atoms with Gasteiger partial charge in [0.25, 0.3) is 0 Å². The van der Waals surface area contributed by atoms with Crippen molar-refractivity contribution in [2.24, 2.45) is 4.99 Å². The highest BCUT2D eigenvalue weighted by molar-refractivity contribution is 5.74. The molecule has 0 fully saturated rings. The van der Waals surface area contributed by atoms with Crippen LogP contribution in [0.2, 0.25) is 0 Å². The van der Waals surface area contributed by atoms with E-state index in [0.717, 1.165) is 0 Å². The summed E-state index contributed by atoms with van der Waals surface area (Å²) in [6, 6.07) is 2.02. The summed E-state index contributed by atoms with van der Waals surface area (Å²) in [5.41, 5.74) is 0.619. The van der Waals surface area contributed by atoms with Crippen LogP contribution in [-0.2, 0) is 0 Å². The van der Waals surface area contributed by atoms with E-state index in [9.17, 15) is 0 Å². The predicted molar refractivity (Wildman–Crippen MR) is 42.9 cm³/mol. The van der Waals surface area contributed by atoms with Gasteiger partial charge < -0.3 is 0 Å².